The Kier molecular flexibility index (Phi) is 2.52. The lowest BCUT2D eigenvalue weighted by molar-refractivity contribution is 0.0275. The molecule has 0 spiro atoms. The predicted molar refractivity (Wildman–Crippen MR) is 52.4 cm³/mol. The van der Waals surface area contributed by atoms with Gasteiger partial charge in [-0.2, -0.15) is 0 Å². The predicted octanol–water partition coefficient (Wildman–Crippen LogP) is 1.79. The van der Waals surface area contributed by atoms with Crippen LogP contribution in [-0.2, 0) is 11.2 Å². The van der Waals surface area contributed by atoms with Crippen LogP contribution >= 0.6 is 0 Å². The molecule has 2 nitrogen and oxygen atoms in total. The summed E-state index contributed by atoms with van der Waals surface area (Å²) < 4.78 is 18.9. The lowest BCUT2D eigenvalue weighted by Gasteiger charge is -2.28. The summed E-state index contributed by atoms with van der Waals surface area (Å²) in [5.74, 6) is -0.142. The van der Waals surface area contributed by atoms with Crippen molar-refractivity contribution in [1.29, 1.82) is 0 Å². The van der Waals surface area contributed by atoms with Gasteiger partial charge >= 0.3 is 0 Å². The highest BCUT2D eigenvalue weighted by Gasteiger charge is 2.25. The zero-order valence-electron chi connectivity index (χ0n) is 8.16. The van der Waals surface area contributed by atoms with Crippen molar-refractivity contribution in [2.45, 2.75) is 25.5 Å². The molecule has 1 aliphatic rings. The van der Waals surface area contributed by atoms with E-state index >= 15 is 0 Å². The van der Waals surface area contributed by atoms with Crippen LogP contribution in [0.25, 0.3) is 0 Å². The average Bonchev–Trinajstić information content (AvgIpc) is 2.17. The highest BCUT2D eigenvalue weighted by atomic mass is 19.1. The Morgan fingerprint density at radius 1 is 1.57 bits per heavy atom. The Labute approximate surface area is 82.9 Å². The second-order valence-electron chi connectivity index (χ2n) is 3.71. The van der Waals surface area contributed by atoms with E-state index in [2.05, 4.69) is 0 Å². The maximum absolute atomic E-state index is 13.4. The van der Waals surface area contributed by atoms with Crippen molar-refractivity contribution in [2.24, 2.45) is 5.73 Å². The normalized spacial score (nSPS) is 22.9. The maximum Gasteiger partial charge on any atom is 0.126 e. The molecule has 1 aromatic carbocycles. The number of rotatable bonds is 1. The molecule has 1 heterocycles. The summed E-state index contributed by atoms with van der Waals surface area (Å²) in [6.45, 7) is 2.44. The van der Waals surface area contributed by atoms with E-state index in [1.165, 1.54) is 6.07 Å². The summed E-state index contributed by atoms with van der Waals surface area (Å²) in [6, 6.07) is 4.99. The summed E-state index contributed by atoms with van der Waals surface area (Å²) >= 11 is 0. The molecule has 0 fully saturated rings. The second kappa shape index (κ2) is 3.67. The minimum atomic E-state index is -0.158. The van der Waals surface area contributed by atoms with Gasteiger partial charge in [0.2, 0.25) is 0 Å². The molecule has 0 aliphatic carbocycles. The summed E-state index contributed by atoms with van der Waals surface area (Å²) in [4.78, 5) is 0. The van der Waals surface area contributed by atoms with E-state index in [-0.39, 0.29) is 18.0 Å². The van der Waals surface area contributed by atoms with E-state index in [1.54, 1.807) is 6.07 Å². The van der Waals surface area contributed by atoms with Crippen molar-refractivity contribution >= 4 is 0 Å². The topological polar surface area (TPSA) is 35.2 Å². The number of halogens is 1. The molecule has 1 aromatic rings. The third kappa shape index (κ3) is 1.53. The van der Waals surface area contributed by atoms with E-state index in [1.807, 2.05) is 13.0 Å². The highest BCUT2D eigenvalue weighted by Crippen LogP contribution is 2.30. The minimum Gasteiger partial charge on any atom is -0.372 e. The number of hydrogen-bond donors (Lipinski definition) is 1. The van der Waals surface area contributed by atoms with Gasteiger partial charge in [0, 0.05) is 6.04 Å². The molecule has 0 aromatic heterocycles. The fourth-order valence-electron chi connectivity index (χ4n) is 1.92. The molecule has 0 saturated heterocycles. The third-order valence-corrected chi connectivity index (χ3v) is 2.59. The first-order valence-corrected chi connectivity index (χ1v) is 4.84. The van der Waals surface area contributed by atoms with Gasteiger partial charge in [-0.25, -0.2) is 4.39 Å². The van der Waals surface area contributed by atoms with Gasteiger partial charge in [0.1, 0.15) is 5.82 Å². The molecule has 2 rings (SSSR count). The molecule has 0 amide bonds. The van der Waals surface area contributed by atoms with Gasteiger partial charge in [0.05, 0.1) is 12.7 Å². The molecule has 1 unspecified atom stereocenters. The molecule has 3 heteroatoms. The fraction of sp³-hybridized carbons (Fsp3) is 0.455. The highest BCUT2D eigenvalue weighted by molar-refractivity contribution is 5.33. The van der Waals surface area contributed by atoms with E-state index in [0.717, 1.165) is 11.1 Å². The molecular weight excluding hydrogens is 181 g/mol. The summed E-state index contributed by atoms with van der Waals surface area (Å²) in [5.41, 5.74) is 7.46. The first-order valence-electron chi connectivity index (χ1n) is 4.84. The molecule has 0 radical (unpaired) electrons. The van der Waals surface area contributed by atoms with Crippen molar-refractivity contribution in [3.8, 4) is 0 Å². The monoisotopic (exact) mass is 195 g/mol. The Balaban J connectivity index is 2.44. The van der Waals surface area contributed by atoms with Gasteiger partial charge in [-0.15, -0.1) is 0 Å². The molecule has 0 saturated carbocycles. The lowest BCUT2D eigenvalue weighted by Crippen LogP contribution is -2.31. The van der Waals surface area contributed by atoms with Crippen LogP contribution in [0.3, 0.4) is 0 Å². The molecule has 14 heavy (non-hydrogen) atoms. The summed E-state index contributed by atoms with van der Waals surface area (Å²) in [7, 11) is 0. The van der Waals surface area contributed by atoms with Gasteiger partial charge in [-0.05, 0) is 30.5 Å². The largest absolute Gasteiger partial charge is 0.372 e. The van der Waals surface area contributed by atoms with Crippen LogP contribution in [0.1, 0.15) is 24.2 Å². The number of nitrogens with two attached hydrogens (primary N) is 1. The zero-order chi connectivity index (χ0) is 10.1. The lowest BCUT2D eigenvalue weighted by atomic mass is 9.94. The first-order chi connectivity index (χ1) is 6.70. The number of hydrogen-bond acceptors (Lipinski definition) is 2. The quantitative estimate of drug-likeness (QED) is 0.741. The Hall–Kier alpha value is -0.930. The Bertz CT molecular complexity index is 338. The van der Waals surface area contributed by atoms with Crippen LogP contribution in [0.4, 0.5) is 4.39 Å². The minimum absolute atomic E-state index is 0.101. The third-order valence-electron chi connectivity index (χ3n) is 2.59. The van der Waals surface area contributed by atoms with Crippen LogP contribution in [0, 0.1) is 5.82 Å². The Morgan fingerprint density at radius 3 is 3.07 bits per heavy atom. The first kappa shape index (κ1) is 9.62. The summed E-state index contributed by atoms with van der Waals surface area (Å²) in [6.07, 6.45) is 0.486. The fourth-order valence-corrected chi connectivity index (χ4v) is 1.92. The second-order valence-corrected chi connectivity index (χ2v) is 3.71. The maximum atomic E-state index is 13.4. The van der Waals surface area contributed by atoms with Crippen molar-refractivity contribution in [1.82, 2.24) is 0 Å². The van der Waals surface area contributed by atoms with Gasteiger partial charge in [0.25, 0.3) is 0 Å². The van der Waals surface area contributed by atoms with Crippen LogP contribution in [0.2, 0.25) is 0 Å². The molecule has 2 atom stereocenters. The molecular formula is C11H14FNO. The standard InChI is InChI=1S/C11H14FNO/c1-7(13)11-9-3-2-4-10(12)8(9)5-6-14-11/h2-4,7,11H,5-6,13H2,1H3/t7?,11-/m0/s1. The molecule has 1 aliphatic heterocycles. The van der Waals surface area contributed by atoms with E-state index in [9.17, 15) is 4.39 Å². The Morgan fingerprint density at radius 2 is 2.36 bits per heavy atom. The molecule has 0 bridgehead atoms. The van der Waals surface area contributed by atoms with Crippen molar-refractivity contribution in [3.63, 3.8) is 0 Å². The van der Waals surface area contributed by atoms with E-state index in [4.69, 9.17) is 10.5 Å². The van der Waals surface area contributed by atoms with Gasteiger partial charge in [0.15, 0.2) is 0 Å². The van der Waals surface area contributed by atoms with Gasteiger partial charge in [-0.1, -0.05) is 12.1 Å². The molecule has 76 valence electrons. The van der Waals surface area contributed by atoms with Gasteiger partial charge < -0.3 is 10.5 Å². The number of ether oxygens (including phenoxy) is 1. The van der Waals surface area contributed by atoms with Gasteiger partial charge in [-0.3, -0.25) is 0 Å². The van der Waals surface area contributed by atoms with Crippen LogP contribution < -0.4 is 5.73 Å². The SMILES string of the molecule is CC(N)[C@@H]1OCCc2c(F)cccc21. The number of benzene rings is 1. The number of fused-ring (bicyclic) bond motifs is 1. The molecule has 2 N–H and O–H groups in total. The average molecular weight is 195 g/mol. The van der Waals surface area contributed by atoms with Crippen LogP contribution in [0.15, 0.2) is 18.2 Å². The smallest absolute Gasteiger partial charge is 0.126 e. The zero-order valence-corrected chi connectivity index (χ0v) is 8.16. The van der Waals surface area contributed by atoms with Crippen LogP contribution in [0.5, 0.6) is 0 Å². The van der Waals surface area contributed by atoms with Crippen molar-refractivity contribution in [3.05, 3.63) is 35.1 Å². The van der Waals surface area contributed by atoms with Crippen LogP contribution in [-0.4, -0.2) is 12.6 Å². The summed E-state index contributed by atoms with van der Waals surface area (Å²) in [5, 5.41) is 0. The van der Waals surface area contributed by atoms with E-state index < -0.39 is 0 Å². The van der Waals surface area contributed by atoms with Crippen molar-refractivity contribution < 1.29 is 9.13 Å². The van der Waals surface area contributed by atoms with Crippen molar-refractivity contribution in [2.75, 3.05) is 6.61 Å². The van der Waals surface area contributed by atoms with E-state index in [0.29, 0.717) is 13.0 Å².